The van der Waals surface area contributed by atoms with Gasteiger partial charge >= 0.3 is 6.18 Å². The summed E-state index contributed by atoms with van der Waals surface area (Å²) in [5.41, 5.74) is -0.791. The molecule has 1 aromatic rings. The molecule has 0 spiro atoms. The number of hydrogen-bond donors (Lipinski definition) is 1. The van der Waals surface area contributed by atoms with Gasteiger partial charge in [0, 0.05) is 24.1 Å². The second kappa shape index (κ2) is 6.91. The van der Waals surface area contributed by atoms with E-state index in [1.165, 1.54) is 12.1 Å². The number of aliphatic hydroxyl groups excluding tert-OH is 1. The maximum atomic E-state index is 12.6. The Morgan fingerprint density at radius 2 is 1.96 bits per heavy atom. The number of aliphatic hydroxyl groups is 1. The molecule has 23 heavy (non-hydrogen) atoms. The lowest BCUT2D eigenvalue weighted by atomic mass is 9.77. The molecule has 0 bridgehead atoms. The van der Waals surface area contributed by atoms with Gasteiger partial charge in [0.05, 0.1) is 12.2 Å². The topological polar surface area (TPSA) is 40.5 Å². The lowest BCUT2D eigenvalue weighted by Crippen LogP contribution is -2.47. The van der Waals surface area contributed by atoms with Crippen molar-refractivity contribution in [3.05, 3.63) is 35.4 Å². The van der Waals surface area contributed by atoms with Crippen molar-refractivity contribution in [2.24, 2.45) is 5.41 Å². The number of carbonyl (C=O) groups excluding carboxylic acids is 1. The quantitative estimate of drug-likeness (QED) is 0.914. The lowest BCUT2D eigenvalue weighted by Gasteiger charge is -2.42. The first-order valence-corrected chi connectivity index (χ1v) is 7.89. The van der Waals surface area contributed by atoms with E-state index in [4.69, 9.17) is 0 Å². The van der Waals surface area contributed by atoms with E-state index in [-0.39, 0.29) is 23.5 Å². The third-order valence-corrected chi connectivity index (χ3v) is 4.52. The molecular formula is C17H22F3NO2. The Labute approximate surface area is 134 Å². The van der Waals surface area contributed by atoms with E-state index in [1.54, 1.807) is 4.90 Å². The predicted molar refractivity (Wildman–Crippen MR) is 81.0 cm³/mol. The number of alkyl halides is 3. The van der Waals surface area contributed by atoms with E-state index in [2.05, 4.69) is 0 Å². The Hall–Kier alpha value is -1.56. The van der Waals surface area contributed by atoms with Crippen LogP contribution in [0.3, 0.4) is 0 Å². The first-order chi connectivity index (χ1) is 10.8. The van der Waals surface area contributed by atoms with Gasteiger partial charge in [0.25, 0.3) is 5.91 Å². The fourth-order valence-corrected chi connectivity index (χ4v) is 3.31. The molecule has 1 aromatic carbocycles. The van der Waals surface area contributed by atoms with Gasteiger partial charge in [0.15, 0.2) is 0 Å². The van der Waals surface area contributed by atoms with Crippen molar-refractivity contribution in [2.45, 2.75) is 38.8 Å². The van der Waals surface area contributed by atoms with Gasteiger partial charge in [0.1, 0.15) is 0 Å². The minimum Gasteiger partial charge on any atom is -0.396 e. The van der Waals surface area contributed by atoms with Crippen LogP contribution < -0.4 is 0 Å². The molecule has 3 nitrogen and oxygen atoms in total. The number of nitrogens with zero attached hydrogens (tertiary/aromatic N) is 1. The summed E-state index contributed by atoms with van der Waals surface area (Å²) in [6.45, 7) is 3.09. The molecule has 2 rings (SSSR count). The van der Waals surface area contributed by atoms with Crippen LogP contribution in [0.2, 0.25) is 0 Å². The van der Waals surface area contributed by atoms with E-state index in [9.17, 15) is 23.1 Å². The largest absolute Gasteiger partial charge is 0.416 e. The summed E-state index contributed by atoms with van der Waals surface area (Å²) >= 11 is 0. The van der Waals surface area contributed by atoms with Gasteiger partial charge in [-0.3, -0.25) is 4.79 Å². The number of amides is 1. The molecule has 1 amide bonds. The zero-order valence-electron chi connectivity index (χ0n) is 13.2. The van der Waals surface area contributed by atoms with Crippen LogP contribution in [0.1, 0.15) is 48.5 Å². The van der Waals surface area contributed by atoms with Crippen molar-refractivity contribution in [1.29, 1.82) is 0 Å². The molecule has 1 aliphatic rings. The highest BCUT2D eigenvalue weighted by molar-refractivity contribution is 5.94. The van der Waals surface area contributed by atoms with Crippen LogP contribution in [0.15, 0.2) is 24.3 Å². The Kier molecular flexibility index (Phi) is 5.34. The van der Waals surface area contributed by atoms with E-state index in [0.717, 1.165) is 37.8 Å². The highest BCUT2D eigenvalue weighted by atomic mass is 19.4. The Morgan fingerprint density at radius 1 is 1.30 bits per heavy atom. The van der Waals surface area contributed by atoms with Crippen LogP contribution in [0.25, 0.3) is 0 Å². The summed E-state index contributed by atoms with van der Waals surface area (Å²) in [6.07, 6.45) is -0.982. The minimum absolute atomic E-state index is 0.0254. The number of piperidine rings is 1. The smallest absolute Gasteiger partial charge is 0.396 e. The van der Waals surface area contributed by atoms with E-state index >= 15 is 0 Å². The Bertz CT molecular complexity index is 538. The van der Waals surface area contributed by atoms with Crippen molar-refractivity contribution in [3.8, 4) is 0 Å². The van der Waals surface area contributed by atoms with Crippen molar-refractivity contribution >= 4 is 5.91 Å². The van der Waals surface area contributed by atoms with Gasteiger partial charge in [-0.15, -0.1) is 0 Å². The average Bonchev–Trinajstić information content (AvgIpc) is 2.54. The van der Waals surface area contributed by atoms with Gasteiger partial charge in [-0.1, -0.05) is 13.3 Å². The number of carbonyl (C=O) groups is 1. The lowest BCUT2D eigenvalue weighted by molar-refractivity contribution is -0.137. The zero-order chi connectivity index (χ0) is 17.1. The van der Waals surface area contributed by atoms with E-state index < -0.39 is 11.7 Å². The molecule has 1 heterocycles. The summed E-state index contributed by atoms with van der Waals surface area (Å²) in [5, 5.41) is 9.71. The number of rotatable bonds is 4. The third kappa shape index (κ3) is 4.05. The first-order valence-electron chi connectivity index (χ1n) is 7.89. The minimum atomic E-state index is -4.40. The molecule has 0 aromatic heterocycles. The molecular weight excluding hydrogens is 307 g/mol. The summed E-state index contributed by atoms with van der Waals surface area (Å²) in [7, 11) is 0. The van der Waals surface area contributed by atoms with Crippen LogP contribution in [0, 0.1) is 5.41 Å². The molecule has 1 fully saturated rings. The highest BCUT2D eigenvalue weighted by Gasteiger charge is 2.36. The van der Waals surface area contributed by atoms with Crippen molar-refractivity contribution in [1.82, 2.24) is 4.90 Å². The molecule has 0 radical (unpaired) electrons. The molecule has 0 saturated carbocycles. The van der Waals surface area contributed by atoms with Crippen LogP contribution in [-0.4, -0.2) is 35.6 Å². The Balaban J connectivity index is 2.13. The normalized spacial score (nSPS) is 22.2. The maximum Gasteiger partial charge on any atom is 0.416 e. The maximum absolute atomic E-state index is 12.6. The molecule has 128 valence electrons. The average molecular weight is 329 g/mol. The number of benzene rings is 1. The second-order valence-electron chi connectivity index (χ2n) is 6.31. The fraction of sp³-hybridized carbons (Fsp3) is 0.588. The molecule has 1 aliphatic heterocycles. The first kappa shape index (κ1) is 17.8. The zero-order valence-corrected chi connectivity index (χ0v) is 13.2. The number of likely N-dealkylation sites (tertiary alicyclic amines) is 1. The van der Waals surface area contributed by atoms with Gasteiger partial charge in [-0.2, -0.15) is 13.2 Å². The van der Waals surface area contributed by atoms with Crippen LogP contribution in [-0.2, 0) is 6.18 Å². The summed E-state index contributed by atoms with van der Waals surface area (Å²) < 4.78 is 37.8. The Morgan fingerprint density at radius 3 is 2.48 bits per heavy atom. The van der Waals surface area contributed by atoms with E-state index in [0.29, 0.717) is 13.1 Å². The van der Waals surface area contributed by atoms with Crippen molar-refractivity contribution in [3.63, 3.8) is 0 Å². The van der Waals surface area contributed by atoms with Gasteiger partial charge in [-0.05, 0) is 43.5 Å². The molecule has 6 heteroatoms. The summed E-state index contributed by atoms with van der Waals surface area (Å²) in [5.74, 6) is -0.271. The van der Waals surface area contributed by atoms with Crippen LogP contribution in [0.5, 0.6) is 0 Å². The number of halogens is 3. The molecule has 1 unspecified atom stereocenters. The van der Waals surface area contributed by atoms with Crippen molar-refractivity contribution < 1.29 is 23.1 Å². The summed E-state index contributed by atoms with van der Waals surface area (Å²) in [6, 6.07) is 4.31. The molecule has 1 atom stereocenters. The molecule has 0 aliphatic carbocycles. The van der Waals surface area contributed by atoms with Gasteiger partial charge < -0.3 is 10.0 Å². The van der Waals surface area contributed by atoms with Crippen molar-refractivity contribution in [2.75, 3.05) is 19.7 Å². The third-order valence-electron chi connectivity index (χ3n) is 4.52. The van der Waals surface area contributed by atoms with Crippen LogP contribution >= 0.6 is 0 Å². The fourth-order valence-electron chi connectivity index (χ4n) is 3.31. The predicted octanol–water partition coefficient (Wildman–Crippen LogP) is 3.72. The van der Waals surface area contributed by atoms with Crippen LogP contribution in [0.4, 0.5) is 13.2 Å². The monoisotopic (exact) mass is 329 g/mol. The molecule has 1 saturated heterocycles. The highest BCUT2D eigenvalue weighted by Crippen LogP contribution is 2.35. The number of hydrogen-bond acceptors (Lipinski definition) is 2. The van der Waals surface area contributed by atoms with E-state index in [1.807, 2.05) is 6.92 Å². The van der Waals surface area contributed by atoms with Gasteiger partial charge in [0.2, 0.25) is 0 Å². The SMILES string of the molecule is CCCC1(CO)CCCN(C(=O)c2ccc(C(F)(F)F)cc2)C1. The molecule has 1 N–H and O–H groups in total. The van der Waals surface area contributed by atoms with Gasteiger partial charge in [-0.25, -0.2) is 0 Å². The second-order valence-corrected chi connectivity index (χ2v) is 6.31. The standard InChI is InChI=1S/C17H22F3NO2/c1-2-8-16(12-22)9-3-10-21(11-16)15(23)13-4-6-14(7-5-13)17(18,19)20/h4-7,22H,2-3,8-12H2,1H3. The summed E-state index contributed by atoms with van der Waals surface area (Å²) in [4.78, 5) is 14.2.